The van der Waals surface area contributed by atoms with Gasteiger partial charge in [-0.1, -0.05) is 50.5 Å². The van der Waals surface area contributed by atoms with Crippen LogP contribution in [0.2, 0.25) is 0 Å². The average Bonchev–Trinajstić information content (AvgIpc) is 2.48. The highest BCUT2D eigenvalue weighted by molar-refractivity contribution is 7.85. The molecule has 2 unspecified atom stereocenters. The third kappa shape index (κ3) is 4.16. The summed E-state index contributed by atoms with van der Waals surface area (Å²) in [5.74, 6) is 0.753. The van der Waals surface area contributed by atoms with Crippen LogP contribution in [0.5, 0.6) is 0 Å². The average molecular weight is 293 g/mol. The fourth-order valence-electron chi connectivity index (χ4n) is 3.11. The van der Waals surface area contributed by atoms with E-state index >= 15 is 0 Å². The van der Waals surface area contributed by atoms with Crippen LogP contribution in [0.25, 0.3) is 0 Å². The number of hydrogen-bond donors (Lipinski definition) is 1. The zero-order valence-corrected chi connectivity index (χ0v) is 13.5. The number of benzene rings is 1. The van der Waals surface area contributed by atoms with E-state index < -0.39 is 10.8 Å². The Morgan fingerprint density at radius 2 is 1.95 bits per heavy atom. The topological polar surface area (TPSA) is 29.1 Å². The Balaban J connectivity index is 2.05. The maximum atomic E-state index is 12.6. The normalized spacial score (nSPS) is 19.7. The molecule has 20 heavy (non-hydrogen) atoms. The van der Waals surface area contributed by atoms with Gasteiger partial charge < -0.3 is 5.32 Å². The minimum atomic E-state index is -0.709. The summed E-state index contributed by atoms with van der Waals surface area (Å²) < 4.78 is 12.6. The summed E-state index contributed by atoms with van der Waals surface area (Å²) in [6.45, 7) is 5.18. The van der Waals surface area contributed by atoms with E-state index in [4.69, 9.17) is 0 Å². The van der Waals surface area contributed by atoms with Crippen LogP contribution in [-0.4, -0.2) is 21.8 Å². The van der Waals surface area contributed by atoms with Crippen LogP contribution in [0.1, 0.15) is 56.2 Å². The van der Waals surface area contributed by atoms with Crippen LogP contribution in [-0.2, 0) is 10.8 Å². The van der Waals surface area contributed by atoms with Crippen LogP contribution < -0.4 is 5.32 Å². The highest BCUT2D eigenvalue weighted by Gasteiger charge is 2.23. The molecule has 1 fully saturated rings. The predicted molar refractivity (Wildman–Crippen MR) is 87.5 cm³/mol. The highest BCUT2D eigenvalue weighted by Crippen LogP contribution is 2.25. The van der Waals surface area contributed by atoms with Crippen LogP contribution >= 0.6 is 0 Å². The van der Waals surface area contributed by atoms with Crippen LogP contribution in [0.3, 0.4) is 0 Å². The first kappa shape index (κ1) is 15.7. The van der Waals surface area contributed by atoms with Gasteiger partial charge in [-0.2, -0.15) is 0 Å². The van der Waals surface area contributed by atoms with E-state index in [0.29, 0.717) is 5.25 Å². The largest absolute Gasteiger partial charge is 0.309 e. The molecule has 0 spiro atoms. The molecule has 1 aromatic rings. The molecule has 0 heterocycles. The molecule has 1 N–H and O–H groups in total. The fourth-order valence-corrected chi connectivity index (χ4v) is 4.87. The van der Waals surface area contributed by atoms with E-state index in [1.54, 1.807) is 0 Å². The van der Waals surface area contributed by atoms with E-state index in [2.05, 4.69) is 43.4 Å². The van der Waals surface area contributed by atoms with Crippen LogP contribution in [0.4, 0.5) is 0 Å². The van der Waals surface area contributed by atoms with E-state index in [-0.39, 0.29) is 6.04 Å². The van der Waals surface area contributed by atoms with Gasteiger partial charge in [-0.05, 0) is 37.4 Å². The van der Waals surface area contributed by atoms with Crippen molar-refractivity contribution in [3.63, 3.8) is 0 Å². The Morgan fingerprint density at radius 1 is 1.25 bits per heavy atom. The highest BCUT2D eigenvalue weighted by atomic mass is 32.2. The van der Waals surface area contributed by atoms with Crippen molar-refractivity contribution in [3.8, 4) is 0 Å². The van der Waals surface area contributed by atoms with Crippen molar-refractivity contribution in [2.75, 3.05) is 12.3 Å². The van der Waals surface area contributed by atoms with Crippen molar-refractivity contribution in [1.82, 2.24) is 5.32 Å². The number of rotatable bonds is 6. The molecule has 1 aromatic carbocycles. The van der Waals surface area contributed by atoms with Crippen molar-refractivity contribution in [2.24, 2.45) is 0 Å². The van der Waals surface area contributed by atoms with E-state index in [1.165, 1.54) is 30.4 Å². The Labute approximate surface area is 125 Å². The molecule has 0 amide bonds. The van der Waals surface area contributed by atoms with Gasteiger partial charge in [0.2, 0.25) is 0 Å². The molecule has 1 aliphatic carbocycles. The van der Waals surface area contributed by atoms with Gasteiger partial charge in [-0.3, -0.25) is 4.21 Å². The van der Waals surface area contributed by atoms with Gasteiger partial charge in [-0.15, -0.1) is 0 Å². The molecule has 1 aliphatic rings. The number of hydrogen-bond acceptors (Lipinski definition) is 2. The molecule has 0 aliphatic heterocycles. The Kier molecular flexibility index (Phi) is 6.24. The predicted octanol–water partition coefficient (Wildman–Crippen LogP) is 3.73. The van der Waals surface area contributed by atoms with Gasteiger partial charge in [-0.25, -0.2) is 0 Å². The summed E-state index contributed by atoms with van der Waals surface area (Å²) >= 11 is 0. The lowest BCUT2D eigenvalue weighted by Crippen LogP contribution is -2.31. The smallest absolute Gasteiger partial charge is 0.0439 e. The SMILES string of the molecule is CCNC(CS(=O)C1CCCCC1)c1ccccc1C. The lowest BCUT2D eigenvalue weighted by Gasteiger charge is -2.25. The standard InChI is InChI=1S/C17H27NOS/c1-3-18-17(16-12-8-7-9-14(16)2)13-20(19)15-10-5-4-6-11-15/h7-9,12,15,17-18H,3-6,10-11,13H2,1-2H3. The van der Waals surface area contributed by atoms with Gasteiger partial charge in [0.1, 0.15) is 0 Å². The molecule has 2 atom stereocenters. The van der Waals surface area contributed by atoms with E-state index in [1.807, 2.05) is 0 Å². The monoisotopic (exact) mass is 293 g/mol. The van der Waals surface area contributed by atoms with Gasteiger partial charge in [0, 0.05) is 27.8 Å². The molecule has 0 saturated heterocycles. The maximum Gasteiger partial charge on any atom is 0.0439 e. The maximum absolute atomic E-state index is 12.6. The lowest BCUT2D eigenvalue weighted by atomic mass is 10.0. The second-order valence-electron chi connectivity index (χ2n) is 5.77. The second kappa shape index (κ2) is 7.94. The first-order chi connectivity index (χ1) is 9.72. The first-order valence-corrected chi connectivity index (χ1v) is 9.26. The molecular weight excluding hydrogens is 266 g/mol. The molecule has 1 saturated carbocycles. The van der Waals surface area contributed by atoms with Crippen LogP contribution in [0, 0.1) is 6.92 Å². The summed E-state index contributed by atoms with van der Waals surface area (Å²) in [4.78, 5) is 0. The molecule has 3 heteroatoms. The van der Waals surface area contributed by atoms with Gasteiger partial charge >= 0.3 is 0 Å². The quantitative estimate of drug-likeness (QED) is 0.866. The van der Waals surface area contributed by atoms with E-state index in [9.17, 15) is 4.21 Å². The number of nitrogens with one attached hydrogen (secondary N) is 1. The van der Waals surface area contributed by atoms with E-state index in [0.717, 1.165) is 25.1 Å². The molecule has 0 aromatic heterocycles. The zero-order chi connectivity index (χ0) is 14.4. The fraction of sp³-hybridized carbons (Fsp3) is 0.647. The molecule has 2 rings (SSSR count). The Morgan fingerprint density at radius 3 is 2.60 bits per heavy atom. The molecule has 0 bridgehead atoms. The molecule has 0 radical (unpaired) electrons. The summed E-state index contributed by atoms with van der Waals surface area (Å²) in [6, 6.07) is 8.68. The number of aryl methyl sites for hydroxylation is 1. The van der Waals surface area contributed by atoms with Crippen molar-refractivity contribution in [2.45, 2.75) is 57.2 Å². The van der Waals surface area contributed by atoms with Gasteiger partial charge in [0.25, 0.3) is 0 Å². The summed E-state index contributed by atoms with van der Waals surface area (Å²) in [6.07, 6.45) is 6.14. The molecule has 2 nitrogen and oxygen atoms in total. The summed E-state index contributed by atoms with van der Waals surface area (Å²) in [5, 5.41) is 3.94. The third-order valence-corrected chi connectivity index (χ3v) is 6.15. The third-order valence-electron chi connectivity index (χ3n) is 4.27. The Hall–Kier alpha value is -0.670. The minimum Gasteiger partial charge on any atom is -0.309 e. The second-order valence-corrected chi connectivity index (χ2v) is 7.54. The molecule has 112 valence electrons. The van der Waals surface area contributed by atoms with Crippen molar-refractivity contribution in [3.05, 3.63) is 35.4 Å². The van der Waals surface area contributed by atoms with Gasteiger partial charge in [0.15, 0.2) is 0 Å². The zero-order valence-electron chi connectivity index (χ0n) is 12.7. The lowest BCUT2D eigenvalue weighted by molar-refractivity contribution is 0.501. The van der Waals surface area contributed by atoms with Crippen LogP contribution in [0.15, 0.2) is 24.3 Å². The van der Waals surface area contributed by atoms with Crippen molar-refractivity contribution < 1.29 is 4.21 Å². The van der Waals surface area contributed by atoms with Gasteiger partial charge in [0.05, 0.1) is 0 Å². The van der Waals surface area contributed by atoms with Crippen molar-refractivity contribution in [1.29, 1.82) is 0 Å². The summed E-state index contributed by atoms with van der Waals surface area (Å²) in [5.41, 5.74) is 2.60. The Bertz CT molecular complexity index is 440. The molecular formula is C17H27NOS. The minimum absolute atomic E-state index is 0.226. The first-order valence-electron chi connectivity index (χ1n) is 7.88. The van der Waals surface area contributed by atoms with Crippen molar-refractivity contribution >= 4 is 10.8 Å². The summed E-state index contributed by atoms with van der Waals surface area (Å²) in [7, 11) is -0.709.